The first-order valence-electron chi connectivity index (χ1n) is 6.55. The molecule has 1 atom stereocenters. The summed E-state index contributed by atoms with van der Waals surface area (Å²) < 4.78 is 0. The third-order valence-electron chi connectivity index (χ3n) is 3.06. The maximum absolute atomic E-state index is 4.61. The minimum absolute atomic E-state index is 0.183. The van der Waals surface area contributed by atoms with Crippen LogP contribution in [0.15, 0.2) is 12.4 Å². The predicted octanol–water partition coefficient (Wildman–Crippen LogP) is 2.75. The van der Waals surface area contributed by atoms with Crippen molar-refractivity contribution in [3.63, 3.8) is 0 Å². The van der Waals surface area contributed by atoms with Gasteiger partial charge in [-0.1, -0.05) is 6.92 Å². The molecule has 0 aliphatic carbocycles. The first-order valence-corrected chi connectivity index (χ1v) is 7.36. The highest BCUT2D eigenvalue weighted by Crippen LogP contribution is 2.22. The first-order chi connectivity index (χ1) is 9.10. The Labute approximate surface area is 118 Å². The zero-order valence-corrected chi connectivity index (χ0v) is 12.7. The SMILES string of the molecule is CCNC(Cc1nc(C)c(C)s1)c1cnc(C)cn1. The Balaban J connectivity index is 2.18. The van der Waals surface area contributed by atoms with Crippen molar-refractivity contribution in [2.24, 2.45) is 0 Å². The molecule has 0 saturated heterocycles. The first kappa shape index (κ1) is 14.1. The summed E-state index contributed by atoms with van der Waals surface area (Å²) in [5.41, 5.74) is 3.06. The molecule has 0 aliphatic heterocycles. The fourth-order valence-electron chi connectivity index (χ4n) is 1.91. The number of nitrogens with zero attached hydrogens (tertiary/aromatic N) is 3. The molecular weight excluding hydrogens is 256 g/mol. The van der Waals surface area contributed by atoms with Gasteiger partial charge in [-0.05, 0) is 27.3 Å². The van der Waals surface area contributed by atoms with E-state index in [0.29, 0.717) is 0 Å². The van der Waals surface area contributed by atoms with Crippen LogP contribution in [0.3, 0.4) is 0 Å². The molecule has 0 aromatic carbocycles. The molecule has 2 rings (SSSR count). The van der Waals surface area contributed by atoms with E-state index in [1.54, 1.807) is 11.3 Å². The monoisotopic (exact) mass is 276 g/mol. The van der Waals surface area contributed by atoms with Gasteiger partial charge in [0.1, 0.15) is 0 Å². The lowest BCUT2D eigenvalue weighted by molar-refractivity contribution is 0.533. The summed E-state index contributed by atoms with van der Waals surface area (Å²) in [5.74, 6) is 0. The second kappa shape index (κ2) is 6.21. The molecule has 1 unspecified atom stereocenters. The van der Waals surface area contributed by atoms with Gasteiger partial charge in [0.15, 0.2) is 0 Å². The van der Waals surface area contributed by atoms with Gasteiger partial charge < -0.3 is 5.32 Å². The van der Waals surface area contributed by atoms with Gasteiger partial charge in [0.25, 0.3) is 0 Å². The van der Waals surface area contributed by atoms with Crippen molar-refractivity contribution in [2.45, 2.75) is 40.2 Å². The summed E-state index contributed by atoms with van der Waals surface area (Å²) in [6.07, 6.45) is 4.54. The highest BCUT2D eigenvalue weighted by atomic mass is 32.1. The van der Waals surface area contributed by atoms with Crippen LogP contribution in [0.1, 0.15) is 39.9 Å². The van der Waals surface area contributed by atoms with E-state index in [0.717, 1.165) is 35.1 Å². The molecule has 2 aromatic rings. The number of aromatic nitrogens is 3. The standard InChI is InChI=1S/C14H20N4S/c1-5-15-12(13-8-16-9(2)7-17-13)6-14-18-10(3)11(4)19-14/h7-8,12,15H,5-6H2,1-4H3. The molecule has 0 aliphatic rings. The minimum Gasteiger partial charge on any atom is -0.309 e. The molecule has 102 valence electrons. The van der Waals surface area contributed by atoms with Crippen molar-refractivity contribution in [3.8, 4) is 0 Å². The molecule has 0 radical (unpaired) electrons. The normalized spacial score (nSPS) is 12.6. The molecule has 0 fully saturated rings. The molecule has 0 saturated carbocycles. The fraction of sp³-hybridized carbons (Fsp3) is 0.500. The number of rotatable bonds is 5. The number of thiazole rings is 1. The number of hydrogen-bond acceptors (Lipinski definition) is 5. The van der Waals surface area contributed by atoms with Crippen LogP contribution in [-0.4, -0.2) is 21.5 Å². The second-order valence-electron chi connectivity index (χ2n) is 4.65. The summed E-state index contributed by atoms with van der Waals surface area (Å²) in [7, 11) is 0. The van der Waals surface area contributed by atoms with Crippen molar-refractivity contribution in [1.29, 1.82) is 0 Å². The van der Waals surface area contributed by atoms with Gasteiger partial charge in [-0.3, -0.25) is 9.97 Å². The van der Waals surface area contributed by atoms with E-state index in [4.69, 9.17) is 0 Å². The summed E-state index contributed by atoms with van der Waals surface area (Å²) in [4.78, 5) is 14.7. The van der Waals surface area contributed by atoms with E-state index >= 15 is 0 Å². The maximum atomic E-state index is 4.61. The van der Waals surface area contributed by atoms with Gasteiger partial charge >= 0.3 is 0 Å². The van der Waals surface area contributed by atoms with Crippen molar-refractivity contribution in [1.82, 2.24) is 20.3 Å². The Bertz CT molecular complexity index is 513. The van der Waals surface area contributed by atoms with Crippen LogP contribution >= 0.6 is 11.3 Å². The lowest BCUT2D eigenvalue weighted by Gasteiger charge is -2.15. The van der Waals surface area contributed by atoms with Gasteiger partial charge in [-0.2, -0.15) is 0 Å². The zero-order chi connectivity index (χ0) is 13.8. The largest absolute Gasteiger partial charge is 0.309 e. The van der Waals surface area contributed by atoms with Crippen molar-refractivity contribution >= 4 is 11.3 Å². The summed E-state index contributed by atoms with van der Waals surface area (Å²) in [5, 5.41) is 4.62. The molecule has 0 amide bonds. The maximum Gasteiger partial charge on any atom is 0.0950 e. The quantitative estimate of drug-likeness (QED) is 0.912. The lowest BCUT2D eigenvalue weighted by Crippen LogP contribution is -2.24. The van der Waals surface area contributed by atoms with Gasteiger partial charge in [0.05, 0.1) is 34.3 Å². The van der Waals surface area contributed by atoms with Crippen LogP contribution in [0.4, 0.5) is 0 Å². The summed E-state index contributed by atoms with van der Waals surface area (Å²) in [6, 6.07) is 0.183. The molecule has 1 N–H and O–H groups in total. The average molecular weight is 276 g/mol. The van der Waals surface area contributed by atoms with E-state index in [1.807, 2.05) is 19.3 Å². The summed E-state index contributed by atoms with van der Waals surface area (Å²) >= 11 is 1.77. The molecule has 5 heteroatoms. The van der Waals surface area contributed by atoms with E-state index < -0.39 is 0 Å². The Morgan fingerprint density at radius 3 is 2.53 bits per heavy atom. The van der Waals surface area contributed by atoms with Gasteiger partial charge in [0, 0.05) is 17.5 Å². The number of likely N-dealkylation sites (N-methyl/N-ethyl adjacent to an activating group) is 1. The van der Waals surface area contributed by atoms with Crippen LogP contribution in [0, 0.1) is 20.8 Å². The van der Waals surface area contributed by atoms with Crippen LogP contribution in [-0.2, 0) is 6.42 Å². The van der Waals surface area contributed by atoms with E-state index in [2.05, 4.69) is 41.0 Å². The molecule has 0 bridgehead atoms. The Kier molecular flexibility index (Phi) is 4.61. The zero-order valence-electron chi connectivity index (χ0n) is 11.9. The van der Waals surface area contributed by atoms with Gasteiger partial charge in [0.2, 0.25) is 0 Å². The number of nitrogens with one attached hydrogen (secondary N) is 1. The number of aryl methyl sites for hydroxylation is 3. The summed E-state index contributed by atoms with van der Waals surface area (Å²) in [6.45, 7) is 9.14. The van der Waals surface area contributed by atoms with Crippen molar-refractivity contribution < 1.29 is 0 Å². The highest BCUT2D eigenvalue weighted by Gasteiger charge is 2.15. The molecule has 2 heterocycles. The van der Waals surface area contributed by atoms with Crippen molar-refractivity contribution in [3.05, 3.63) is 39.4 Å². The van der Waals surface area contributed by atoms with Crippen molar-refractivity contribution in [2.75, 3.05) is 6.54 Å². The lowest BCUT2D eigenvalue weighted by atomic mass is 10.1. The van der Waals surface area contributed by atoms with E-state index in [-0.39, 0.29) is 6.04 Å². The van der Waals surface area contributed by atoms with Crippen LogP contribution in [0.5, 0.6) is 0 Å². The third kappa shape index (κ3) is 3.58. The van der Waals surface area contributed by atoms with Crippen LogP contribution in [0.25, 0.3) is 0 Å². The van der Waals surface area contributed by atoms with Gasteiger partial charge in [-0.25, -0.2) is 4.98 Å². The smallest absolute Gasteiger partial charge is 0.0950 e. The Hall–Kier alpha value is -1.33. The Morgan fingerprint density at radius 2 is 2.00 bits per heavy atom. The van der Waals surface area contributed by atoms with E-state index in [9.17, 15) is 0 Å². The molecular formula is C14H20N4S. The topological polar surface area (TPSA) is 50.7 Å². The molecule has 0 spiro atoms. The fourth-order valence-corrected chi connectivity index (χ4v) is 2.89. The van der Waals surface area contributed by atoms with Gasteiger partial charge in [-0.15, -0.1) is 11.3 Å². The minimum atomic E-state index is 0.183. The molecule has 2 aromatic heterocycles. The van der Waals surface area contributed by atoms with Crippen LogP contribution in [0.2, 0.25) is 0 Å². The average Bonchev–Trinajstić information content (AvgIpc) is 2.69. The third-order valence-corrected chi connectivity index (χ3v) is 4.16. The molecule has 19 heavy (non-hydrogen) atoms. The number of hydrogen-bond donors (Lipinski definition) is 1. The highest BCUT2D eigenvalue weighted by molar-refractivity contribution is 7.11. The Morgan fingerprint density at radius 1 is 1.21 bits per heavy atom. The predicted molar refractivity (Wildman–Crippen MR) is 78.5 cm³/mol. The van der Waals surface area contributed by atoms with E-state index in [1.165, 1.54) is 4.88 Å². The molecule has 4 nitrogen and oxygen atoms in total. The second-order valence-corrected chi connectivity index (χ2v) is 5.93. The van der Waals surface area contributed by atoms with Crippen LogP contribution < -0.4 is 5.32 Å².